The molecule has 1 fully saturated rings. The highest BCUT2D eigenvalue weighted by molar-refractivity contribution is 5.64. The summed E-state index contributed by atoms with van der Waals surface area (Å²) in [6, 6.07) is 4.11. The second-order valence-corrected chi connectivity index (χ2v) is 5.15. The van der Waals surface area contributed by atoms with Gasteiger partial charge in [-0.25, -0.2) is 4.98 Å². The van der Waals surface area contributed by atoms with E-state index in [1.54, 1.807) is 0 Å². The van der Waals surface area contributed by atoms with Gasteiger partial charge in [0.2, 0.25) is 0 Å². The van der Waals surface area contributed by atoms with Crippen molar-refractivity contribution in [2.45, 2.75) is 32.1 Å². The van der Waals surface area contributed by atoms with Crippen LogP contribution in [0.15, 0.2) is 18.3 Å². The molecule has 0 bridgehead atoms. The molecule has 1 heterocycles. The molecule has 1 aromatic heterocycles. The molecule has 94 valence electrons. The van der Waals surface area contributed by atoms with Gasteiger partial charge < -0.3 is 10.2 Å². The van der Waals surface area contributed by atoms with Gasteiger partial charge >= 0.3 is 0 Å². The zero-order chi connectivity index (χ0) is 12.1. The SMILES string of the molecule is CN(C)c1ncccc1NCC1CCCCC1. The van der Waals surface area contributed by atoms with Crippen molar-refractivity contribution in [1.29, 1.82) is 0 Å². The largest absolute Gasteiger partial charge is 0.382 e. The maximum absolute atomic E-state index is 4.41. The number of aromatic nitrogens is 1. The minimum absolute atomic E-state index is 0.846. The molecule has 0 aliphatic heterocycles. The van der Waals surface area contributed by atoms with Crippen molar-refractivity contribution in [3.63, 3.8) is 0 Å². The molecule has 0 amide bonds. The van der Waals surface area contributed by atoms with Crippen molar-refractivity contribution in [3.8, 4) is 0 Å². The summed E-state index contributed by atoms with van der Waals surface area (Å²) in [6.45, 7) is 1.09. The van der Waals surface area contributed by atoms with Crippen LogP contribution >= 0.6 is 0 Å². The van der Waals surface area contributed by atoms with Crippen LogP contribution in [0.2, 0.25) is 0 Å². The molecule has 1 aliphatic carbocycles. The van der Waals surface area contributed by atoms with Crippen LogP contribution in [0.4, 0.5) is 11.5 Å². The summed E-state index contributed by atoms with van der Waals surface area (Å²) in [6.07, 6.45) is 8.84. The van der Waals surface area contributed by atoms with Crippen LogP contribution in [0.5, 0.6) is 0 Å². The number of pyridine rings is 1. The Morgan fingerprint density at radius 1 is 1.29 bits per heavy atom. The van der Waals surface area contributed by atoms with Crippen LogP contribution in [-0.4, -0.2) is 25.6 Å². The van der Waals surface area contributed by atoms with Gasteiger partial charge in [-0.3, -0.25) is 0 Å². The molecule has 0 unspecified atom stereocenters. The topological polar surface area (TPSA) is 28.2 Å². The second kappa shape index (κ2) is 5.89. The van der Waals surface area contributed by atoms with Gasteiger partial charge in [-0.1, -0.05) is 19.3 Å². The van der Waals surface area contributed by atoms with Crippen LogP contribution in [-0.2, 0) is 0 Å². The lowest BCUT2D eigenvalue weighted by Gasteiger charge is -2.23. The first-order valence-corrected chi connectivity index (χ1v) is 6.63. The van der Waals surface area contributed by atoms with E-state index in [2.05, 4.69) is 21.3 Å². The molecule has 3 heteroatoms. The van der Waals surface area contributed by atoms with Crippen LogP contribution in [0, 0.1) is 5.92 Å². The minimum atomic E-state index is 0.846. The number of rotatable bonds is 4. The van der Waals surface area contributed by atoms with Crippen molar-refractivity contribution in [2.75, 3.05) is 30.9 Å². The van der Waals surface area contributed by atoms with E-state index in [1.807, 2.05) is 26.4 Å². The minimum Gasteiger partial charge on any atom is -0.382 e. The third-order valence-electron chi connectivity index (χ3n) is 3.52. The number of hydrogen-bond acceptors (Lipinski definition) is 3. The molecule has 0 atom stereocenters. The lowest BCUT2D eigenvalue weighted by molar-refractivity contribution is 0.373. The molecule has 1 aromatic rings. The van der Waals surface area contributed by atoms with Gasteiger partial charge in [0, 0.05) is 26.8 Å². The summed E-state index contributed by atoms with van der Waals surface area (Å²) in [5.74, 6) is 1.88. The van der Waals surface area contributed by atoms with Gasteiger partial charge in [-0.15, -0.1) is 0 Å². The molecule has 2 rings (SSSR count). The van der Waals surface area contributed by atoms with E-state index in [-0.39, 0.29) is 0 Å². The zero-order valence-electron chi connectivity index (χ0n) is 10.9. The average molecular weight is 233 g/mol. The zero-order valence-corrected chi connectivity index (χ0v) is 10.9. The Kier molecular flexibility index (Phi) is 4.24. The van der Waals surface area contributed by atoms with E-state index in [9.17, 15) is 0 Å². The fraction of sp³-hybridized carbons (Fsp3) is 0.643. The van der Waals surface area contributed by atoms with Crippen LogP contribution in [0.3, 0.4) is 0 Å². The summed E-state index contributed by atoms with van der Waals surface area (Å²) in [4.78, 5) is 6.46. The van der Waals surface area contributed by atoms with E-state index in [0.717, 1.165) is 24.0 Å². The first-order valence-electron chi connectivity index (χ1n) is 6.63. The van der Waals surface area contributed by atoms with Crippen molar-refractivity contribution >= 4 is 11.5 Å². The molecule has 1 aliphatic rings. The van der Waals surface area contributed by atoms with E-state index in [0.29, 0.717) is 0 Å². The third-order valence-corrected chi connectivity index (χ3v) is 3.52. The second-order valence-electron chi connectivity index (χ2n) is 5.15. The van der Waals surface area contributed by atoms with Gasteiger partial charge in [0.15, 0.2) is 5.82 Å². The summed E-state index contributed by atoms with van der Waals surface area (Å²) in [5.41, 5.74) is 1.16. The van der Waals surface area contributed by atoms with Gasteiger partial charge in [-0.05, 0) is 30.9 Å². The predicted octanol–water partition coefficient (Wildman–Crippen LogP) is 3.14. The maximum atomic E-state index is 4.41. The monoisotopic (exact) mass is 233 g/mol. The van der Waals surface area contributed by atoms with Gasteiger partial charge in [-0.2, -0.15) is 0 Å². The average Bonchev–Trinajstić information content (AvgIpc) is 2.38. The highest BCUT2D eigenvalue weighted by atomic mass is 15.2. The number of hydrogen-bond donors (Lipinski definition) is 1. The smallest absolute Gasteiger partial charge is 0.151 e. The number of anilines is 2. The molecule has 0 spiro atoms. The summed E-state index contributed by atoms with van der Waals surface area (Å²) in [5, 5.41) is 3.56. The molecule has 0 radical (unpaired) electrons. The molecular formula is C14H23N3. The Labute approximate surface area is 104 Å². The van der Waals surface area contributed by atoms with E-state index in [1.165, 1.54) is 32.1 Å². The first kappa shape index (κ1) is 12.2. The van der Waals surface area contributed by atoms with E-state index < -0.39 is 0 Å². The van der Waals surface area contributed by atoms with Gasteiger partial charge in [0.25, 0.3) is 0 Å². The molecule has 3 nitrogen and oxygen atoms in total. The maximum Gasteiger partial charge on any atom is 0.151 e. The third kappa shape index (κ3) is 3.35. The Hall–Kier alpha value is -1.25. The lowest BCUT2D eigenvalue weighted by Crippen LogP contribution is -2.19. The molecule has 0 saturated heterocycles. The normalized spacial score (nSPS) is 16.8. The van der Waals surface area contributed by atoms with E-state index in [4.69, 9.17) is 0 Å². The Bertz CT molecular complexity index is 343. The molecule has 1 N–H and O–H groups in total. The highest BCUT2D eigenvalue weighted by Crippen LogP contribution is 2.26. The van der Waals surface area contributed by atoms with Crippen molar-refractivity contribution in [3.05, 3.63) is 18.3 Å². The Morgan fingerprint density at radius 3 is 2.76 bits per heavy atom. The highest BCUT2D eigenvalue weighted by Gasteiger charge is 2.14. The summed E-state index contributed by atoms with van der Waals surface area (Å²) >= 11 is 0. The quantitative estimate of drug-likeness (QED) is 0.866. The molecular weight excluding hydrogens is 210 g/mol. The molecule has 0 aromatic carbocycles. The first-order chi connectivity index (χ1) is 8.27. The van der Waals surface area contributed by atoms with Crippen LogP contribution < -0.4 is 10.2 Å². The van der Waals surface area contributed by atoms with Crippen molar-refractivity contribution in [2.24, 2.45) is 5.92 Å². The van der Waals surface area contributed by atoms with Gasteiger partial charge in [0.05, 0.1) is 5.69 Å². The van der Waals surface area contributed by atoms with E-state index >= 15 is 0 Å². The standard InChI is InChI=1S/C14H23N3/c1-17(2)14-13(9-6-10-15-14)16-11-12-7-4-3-5-8-12/h6,9-10,12,16H,3-5,7-8,11H2,1-2H3. The Morgan fingerprint density at radius 2 is 2.06 bits per heavy atom. The fourth-order valence-electron chi connectivity index (χ4n) is 2.54. The number of nitrogens with zero attached hydrogens (tertiary/aromatic N) is 2. The summed E-state index contributed by atoms with van der Waals surface area (Å²) in [7, 11) is 4.07. The van der Waals surface area contributed by atoms with Crippen molar-refractivity contribution < 1.29 is 0 Å². The van der Waals surface area contributed by atoms with Crippen LogP contribution in [0.1, 0.15) is 32.1 Å². The molecule has 1 saturated carbocycles. The predicted molar refractivity (Wildman–Crippen MR) is 73.6 cm³/mol. The van der Waals surface area contributed by atoms with Crippen LogP contribution in [0.25, 0.3) is 0 Å². The Balaban J connectivity index is 1.93. The van der Waals surface area contributed by atoms with Gasteiger partial charge in [0.1, 0.15) is 0 Å². The van der Waals surface area contributed by atoms with Crippen molar-refractivity contribution in [1.82, 2.24) is 4.98 Å². The fourth-order valence-corrected chi connectivity index (χ4v) is 2.54. The lowest BCUT2D eigenvalue weighted by atomic mass is 9.89. The number of nitrogens with one attached hydrogen (secondary N) is 1. The summed E-state index contributed by atoms with van der Waals surface area (Å²) < 4.78 is 0. The molecule has 17 heavy (non-hydrogen) atoms.